The van der Waals surface area contributed by atoms with Gasteiger partial charge in [-0.2, -0.15) is 8.78 Å². The van der Waals surface area contributed by atoms with E-state index < -0.39 is 17.5 Å². The van der Waals surface area contributed by atoms with Crippen molar-refractivity contribution in [3.05, 3.63) is 28.8 Å². The fourth-order valence-electron chi connectivity index (χ4n) is 0.910. The zero-order valence-electron chi connectivity index (χ0n) is 7.76. The normalized spacial score (nSPS) is 10.6. The van der Waals surface area contributed by atoms with E-state index in [0.29, 0.717) is 0 Å². The number of rotatable bonds is 2. The number of carbonyl (C=O) groups is 1. The third kappa shape index (κ3) is 3.37. The van der Waals surface area contributed by atoms with E-state index in [0.717, 1.165) is 12.1 Å². The molecular formula is C8H5ClF2KNO2. The van der Waals surface area contributed by atoms with Gasteiger partial charge < -0.3 is 15.6 Å². The van der Waals surface area contributed by atoms with E-state index in [2.05, 4.69) is 0 Å². The zero-order valence-corrected chi connectivity index (χ0v) is 11.6. The number of nitrogen functional groups attached to an aromatic ring is 1. The van der Waals surface area contributed by atoms with Crippen LogP contribution in [0.5, 0.6) is 0 Å². The molecule has 1 rings (SSSR count). The molecule has 0 saturated heterocycles. The first-order chi connectivity index (χ1) is 6.35. The van der Waals surface area contributed by atoms with Crippen LogP contribution >= 0.6 is 11.6 Å². The number of anilines is 1. The Labute approximate surface area is 132 Å². The molecule has 0 fully saturated rings. The number of carbonyl (C=O) groups excluding carboxylic acids is 1. The molecule has 0 bridgehead atoms. The van der Waals surface area contributed by atoms with Gasteiger partial charge in [0.05, 0.1) is 5.56 Å². The van der Waals surface area contributed by atoms with Crippen molar-refractivity contribution in [2.24, 2.45) is 0 Å². The van der Waals surface area contributed by atoms with Gasteiger partial charge in [0, 0.05) is 10.7 Å². The molecule has 0 heterocycles. The summed E-state index contributed by atoms with van der Waals surface area (Å²) in [5.74, 6) is -6.64. The van der Waals surface area contributed by atoms with Gasteiger partial charge >= 0.3 is 57.3 Å². The fraction of sp³-hybridized carbons (Fsp3) is 0.125. The molecule has 2 N–H and O–H groups in total. The summed E-state index contributed by atoms with van der Waals surface area (Å²) in [4.78, 5) is 10.1. The van der Waals surface area contributed by atoms with Gasteiger partial charge in [-0.3, -0.25) is 0 Å². The number of carboxylic acid groups (broad SMARTS) is 1. The van der Waals surface area contributed by atoms with Crippen molar-refractivity contribution in [2.45, 2.75) is 5.92 Å². The van der Waals surface area contributed by atoms with Gasteiger partial charge in [0.25, 0.3) is 0 Å². The SMILES string of the molecule is Nc1ccc(Cl)cc1C(F)(F)C(=O)[O-].[K+]. The summed E-state index contributed by atoms with van der Waals surface area (Å²) in [5, 5.41) is 10.1. The van der Waals surface area contributed by atoms with Gasteiger partial charge in [-0.25, -0.2) is 0 Å². The van der Waals surface area contributed by atoms with Gasteiger partial charge in [0.1, 0.15) is 5.97 Å². The molecule has 0 unspecified atom stereocenters. The summed E-state index contributed by atoms with van der Waals surface area (Å²) in [6.45, 7) is 0. The predicted octanol–water partition coefficient (Wildman–Crippen LogP) is -2.23. The molecule has 0 aromatic heterocycles. The summed E-state index contributed by atoms with van der Waals surface area (Å²) in [7, 11) is 0. The molecule has 1 aromatic carbocycles. The van der Waals surface area contributed by atoms with E-state index in [1.165, 1.54) is 6.07 Å². The quantitative estimate of drug-likeness (QED) is 0.483. The van der Waals surface area contributed by atoms with Crippen molar-refractivity contribution in [3.8, 4) is 0 Å². The van der Waals surface area contributed by atoms with E-state index in [9.17, 15) is 18.7 Å². The third-order valence-corrected chi connectivity index (χ3v) is 1.85. The molecule has 3 nitrogen and oxygen atoms in total. The van der Waals surface area contributed by atoms with Crippen LogP contribution in [0.4, 0.5) is 14.5 Å². The van der Waals surface area contributed by atoms with Crippen LogP contribution in [0.3, 0.4) is 0 Å². The minimum absolute atomic E-state index is 0. The van der Waals surface area contributed by atoms with Gasteiger partial charge in [0.2, 0.25) is 0 Å². The van der Waals surface area contributed by atoms with Crippen molar-refractivity contribution in [3.63, 3.8) is 0 Å². The standard InChI is InChI=1S/C8H6ClF2NO2.K/c9-4-1-2-6(12)5(3-4)8(10,11)7(13)14;/h1-3H,12H2,(H,13,14);/q;+1/p-1. The first-order valence-corrected chi connectivity index (χ1v) is 3.88. The Balaban J connectivity index is 0.00000196. The Kier molecular flexibility index (Phi) is 5.66. The number of benzene rings is 1. The summed E-state index contributed by atoms with van der Waals surface area (Å²) in [6, 6.07) is 3.19. The number of aliphatic carboxylic acids is 1. The number of halogens is 3. The topological polar surface area (TPSA) is 66.2 Å². The maximum atomic E-state index is 12.9. The fourth-order valence-corrected chi connectivity index (χ4v) is 1.08. The first-order valence-electron chi connectivity index (χ1n) is 3.50. The maximum Gasteiger partial charge on any atom is 1.00 e. The van der Waals surface area contributed by atoms with Crippen molar-refractivity contribution in [1.29, 1.82) is 0 Å². The van der Waals surface area contributed by atoms with E-state index in [1.807, 2.05) is 0 Å². The number of nitrogens with two attached hydrogens (primary N) is 1. The van der Waals surface area contributed by atoms with Crippen LogP contribution in [0.25, 0.3) is 0 Å². The van der Waals surface area contributed by atoms with Crippen molar-refractivity contribution < 1.29 is 70.1 Å². The van der Waals surface area contributed by atoms with Crippen LogP contribution in [-0.2, 0) is 10.7 Å². The van der Waals surface area contributed by atoms with E-state index in [4.69, 9.17) is 17.3 Å². The Morgan fingerprint density at radius 3 is 2.47 bits per heavy atom. The molecule has 15 heavy (non-hydrogen) atoms. The van der Waals surface area contributed by atoms with Crippen LogP contribution in [0, 0.1) is 0 Å². The van der Waals surface area contributed by atoms with Gasteiger partial charge in [-0.1, -0.05) is 11.6 Å². The molecule has 0 saturated carbocycles. The van der Waals surface area contributed by atoms with E-state index >= 15 is 0 Å². The third-order valence-electron chi connectivity index (χ3n) is 1.61. The van der Waals surface area contributed by atoms with E-state index in [1.54, 1.807) is 0 Å². The van der Waals surface area contributed by atoms with Gasteiger partial charge in [0.15, 0.2) is 0 Å². The van der Waals surface area contributed by atoms with Crippen LogP contribution in [0.15, 0.2) is 18.2 Å². The van der Waals surface area contributed by atoms with Crippen LogP contribution < -0.4 is 62.2 Å². The Bertz CT molecular complexity index is 387. The first kappa shape index (κ1) is 15.3. The Morgan fingerprint density at radius 2 is 2.00 bits per heavy atom. The molecule has 0 atom stereocenters. The summed E-state index contributed by atoms with van der Waals surface area (Å²) in [6.07, 6.45) is 0. The van der Waals surface area contributed by atoms with Crippen LogP contribution in [0.1, 0.15) is 5.56 Å². The van der Waals surface area contributed by atoms with Gasteiger partial charge in [-0.05, 0) is 18.2 Å². The smallest absolute Gasteiger partial charge is 0.544 e. The summed E-state index contributed by atoms with van der Waals surface area (Å²) in [5.41, 5.74) is 3.98. The average Bonchev–Trinajstić information content (AvgIpc) is 2.08. The molecule has 0 aliphatic rings. The van der Waals surface area contributed by atoms with Gasteiger partial charge in [-0.15, -0.1) is 0 Å². The molecule has 7 heteroatoms. The maximum absolute atomic E-state index is 12.9. The average molecular weight is 260 g/mol. The van der Waals surface area contributed by atoms with E-state index in [-0.39, 0.29) is 62.1 Å². The molecule has 0 radical (unpaired) electrons. The Morgan fingerprint density at radius 1 is 1.47 bits per heavy atom. The Hall–Kier alpha value is 0.276. The molecule has 76 valence electrons. The molecular weight excluding hydrogens is 255 g/mol. The monoisotopic (exact) mass is 259 g/mol. The summed E-state index contributed by atoms with van der Waals surface area (Å²) >= 11 is 5.43. The number of carboxylic acids is 1. The number of alkyl halides is 2. The molecule has 1 aromatic rings. The van der Waals surface area contributed by atoms with Crippen molar-refractivity contribution >= 4 is 23.3 Å². The second-order valence-corrected chi connectivity index (χ2v) is 3.03. The molecule has 0 amide bonds. The number of hydrogen-bond acceptors (Lipinski definition) is 3. The minimum atomic E-state index is -4.13. The van der Waals surface area contributed by atoms with Crippen molar-refractivity contribution in [2.75, 3.05) is 5.73 Å². The molecule has 0 aliphatic heterocycles. The van der Waals surface area contributed by atoms with Crippen molar-refractivity contribution in [1.82, 2.24) is 0 Å². The second kappa shape index (κ2) is 5.56. The number of hydrogen-bond donors (Lipinski definition) is 1. The molecule has 0 spiro atoms. The van der Waals surface area contributed by atoms with Crippen LogP contribution in [-0.4, -0.2) is 5.97 Å². The molecule has 0 aliphatic carbocycles. The van der Waals surface area contributed by atoms with Crippen LogP contribution in [0.2, 0.25) is 5.02 Å². The largest absolute Gasteiger partial charge is 1.00 e. The zero-order chi connectivity index (χ0) is 10.9. The summed E-state index contributed by atoms with van der Waals surface area (Å²) < 4.78 is 25.8. The minimum Gasteiger partial charge on any atom is -0.544 e. The predicted molar refractivity (Wildman–Crippen MR) is 44.8 cm³/mol. The second-order valence-electron chi connectivity index (χ2n) is 2.59.